The first-order valence-electron chi connectivity index (χ1n) is 10.1. The highest BCUT2D eigenvalue weighted by molar-refractivity contribution is 5.84. The molecular weight excluding hydrogens is 354 g/mol. The number of carboxylic acids is 1. The summed E-state index contributed by atoms with van der Waals surface area (Å²) in [6, 6.07) is 0. The lowest BCUT2D eigenvalue weighted by Crippen LogP contribution is -2.33. The van der Waals surface area contributed by atoms with Gasteiger partial charge in [0, 0.05) is 25.2 Å². The average Bonchev–Trinajstić information content (AvgIpc) is 2.84. The molecule has 0 aromatic carbocycles. The molecule has 156 valence electrons. The summed E-state index contributed by atoms with van der Waals surface area (Å²) in [6.45, 7) is 3.70. The summed E-state index contributed by atoms with van der Waals surface area (Å²) in [5, 5.41) is 18.4. The van der Waals surface area contributed by atoms with Gasteiger partial charge in [-0.25, -0.2) is 8.78 Å². The van der Waals surface area contributed by atoms with Crippen LogP contribution in [0.25, 0.3) is 0 Å². The predicted molar refractivity (Wildman–Crippen MR) is 101 cm³/mol. The number of unbranched alkanes of at least 4 members (excludes halogenated alkanes) is 1. The molecule has 0 bridgehead atoms. The maximum absolute atomic E-state index is 13.7. The zero-order valence-corrected chi connectivity index (χ0v) is 16.5. The van der Waals surface area contributed by atoms with Crippen molar-refractivity contribution in [3.63, 3.8) is 0 Å². The van der Waals surface area contributed by atoms with E-state index in [2.05, 4.69) is 0 Å². The molecule has 4 nitrogen and oxygen atoms in total. The summed E-state index contributed by atoms with van der Waals surface area (Å²) in [6.07, 6.45) is 6.03. The molecule has 0 saturated heterocycles. The van der Waals surface area contributed by atoms with E-state index in [1.807, 2.05) is 19.1 Å². The number of ketones is 1. The Bertz CT molecular complexity index is 504. The molecule has 0 radical (unpaired) electrons. The molecule has 0 amide bonds. The first kappa shape index (κ1) is 23.7. The van der Waals surface area contributed by atoms with Crippen molar-refractivity contribution >= 4 is 11.8 Å². The second-order valence-electron chi connectivity index (χ2n) is 7.87. The van der Waals surface area contributed by atoms with Crippen molar-refractivity contribution in [3.05, 3.63) is 12.2 Å². The normalized spacial score (nSPS) is 24.6. The maximum Gasteiger partial charge on any atom is 0.303 e. The number of aliphatic hydroxyl groups excluding tert-OH is 1. The van der Waals surface area contributed by atoms with E-state index in [4.69, 9.17) is 5.11 Å². The van der Waals surface area contributed by atoms with E-state index in [9.17, 15) is 23.5 Å². The molecule has 1 saturated carbocycles. The molecule has 4 atom stereocenters. The van der Waals surface area contributed by atoms with E-state index in [1.165, 1.54) is 0 Å². The summed E-state index contributed by atoms with van der Waals surface area (Å²) in [4.78, 5) is 22.7. The summed E-state index contributed by atoms with van der Waals surface area (Å²) >= 11 is 0. The molecule has 27 heavy (non-hydrogen) atoms. The predicted octanol–water partition coefficient (Wildman–Crippen LogP) is 5.00. The minimum absolute atomic E-state index is 0.0577. The van der Waals surface area contributed by atoms with Crippen molar-refractivity contribution in [2.45, 2.75) is 90.1 Å². The largest absolute Gasteiger partial charge is 0.481 e. The van der Waals surface area contributed by atoms with Gasteiger partial charge in [-0.3, -0.25) is 9.59 Å². The topological polar surface area (TPSA) is 74.6 Å². The number of aliphatic hydroxyl groups is 1. The van der Waals surface area contributed by atoms with Crippen LogP contribution in [0.3, 0.4) is 0 Å². The highest BCUT2D eigenvalue weighted by Gasteiger charge is 2.40. The van der Waals surface area contributed by atoms with Crippen LogP contribution < -0.4 is 0 Å². The summed E-state index contributed by atoms with van der Waals surface area (Å²) in [5.74, 6) is -3.33. The number of aliphatic carboxylic acids is 1. The number of carboxylic acid groups (broad SMARTS) is 1. The number of carbonyl (C=O) groups is 2. The van der Waals surface area contributed by atoms with E-state index in [0.29, 0.717) is 44.9 Å². The lowest BCUT2D eigenvalue weighted by atomic mass is 9.83. The third-order valence-corrected chi connectivity index (χ3v) is 5.59. The van der Waals surface area contributed by atoms with Crippen molar-refractivity contribution in [2.24, 2.45) is 17.8 Å². The average molecular weight is 388 g/mol. The van der Waals surface area contributed by atoms with Gasteiger partial charge in [-0.2, -0.15) is 0 Å². The number of Topliss-reactive ketones (excluding diaryl/α,β-unsaturated/α-hetero) is 1. The van der Waals surface area contributed by atoms with Crippen molar-refractivity contribution in [1.82, 2.24) is 0 Å². The molecule has 1 fully saturated rings. The quantitative estimate of drug-likeness (QED) is 0.344. The zero-order valence-electron chi connectivity index (χ0n) is 16.5. The molecule has 0 heterocycles. The Morgan fingerprint density at radius 2 is 2.04 bits per heavy atom. The molecule has 0 aliphatic heterocycles. The van der Waals surface area contributed by atoms with Gasteiger partial charge < -0.3 is 10.2 Å². The minimum Gasteiger partial charge on any atom is -0.481 e. The van der Waals surface area contributed by atoms with Crippen molar-refractivity contribution in [2.75, 3.05) is 0 Å². The third-order valence-electron chi connectivity index (χ3n) is 5.59. The number of carbonyl (C=O) groups excluding carboxylic acids is 1. The number of allylic oxidation sites excluding steroid dienone is 2. The summed E-state index contributed by atoms with van der Waals surface area (Å²) in [5.41, 5.74) is 0. The number of alkyl halides is 2. The van der Waals surface area contributed by atoms with Crippen LogP contribution in [0.15, 0.2) is 12.2 Å². The van der Waals surface area contributed by atoms with E-state index >= 15 is 0 Å². The molecular formula is C21H34F2O4. The van der Waals surface area contributed by atoms with Gasteiger partial charge in [0.2, 0.25) is 0 Å². The number of halogens is 2. The second kappa shape index (κ2) is 11.5. The van der Waals surface area contributed by atoms with Crippen LogP contribution in [0, 0.1) is 17.8 Å². The molecule has 0 aromatic heterocycles. The molecule has 1 aliphatic carbocycles. The molecule has 0 aromatic rings. The Morgan fingerprint density at radius 3 is 2.67 bits per heavy atom. The fraction of sp³-hybridized carbons (Fsp3) is 0.810. The third kappa shape index (κ3) is 8.08. The monoisotopic (exact) mass is 388 g/mol. The van der Waals surface area contributed by atoms with Gasteiger partial charge in [-0.1, -0.05) is 38.8 Å². The van der Waals surface area contributed by atoms with Crippen LogP contribution in [0.2, 0.25) is 0 Å². The molecule has 1 rings (SSSR count). The Labute approximate surface area is 161 Å². The van der Waals surface area contributed by atoms with Gasteiger partial charge in [0.1, 0.15) is 11.9 Å². The molecule has 6 heteroatoms. The summed E-state index contributed by atoms with van der Waals surface area (Å²) in [7, 11) is 0. The van der Waals surface area contributed by atoms with Crippen molar-refractivity contribution < 1.29 is 28.6 Å². The number of hydrogen-bond donors (Lipinski definition) is 2. The molecule has 1 aliphatic rings. The van der Waals surface area contributed by atoms with Gasteiger partial charge in [0.05, 0.1) is 0 Å². The SMILES string of the molecule is CCCC(F)(F)[C@@H](O)CCC[C@@H]1[C@H](C)CC(=O)[C@@H]1C/C=C\CCCC(=O)O. The van der Waals surface area contributed by atoms with E-state index < -0.39 is 18.0 Å². The van der Waals surface area contributed by atoms with Gasteiger partial charge in [-0.15, -0.1) is 0 Å². The maximum atomic E-state index is 13.7. The van der Waals surface area contributed by atoms with Crippen LogP contribution in [-0.2, 0) is 9.59 Å². The van der Waals surface area contributed by atoms with Gasteiger partial charge in [0.15, 0.2) is 0 Å². The van der Waals surface area contributed by atoms with E-state index in [1.54, 1.807) is 6.92 Å². The van der Waals surface area contributed by atoms with Gasteiger partial charge >= 0.3 is 5.97 Å². The zero-order chi connectivity index (χ0) is 20.4. The molecule has 0 unspecified atom stereocenters. The lowest BCUT2D eigenvalue weighted by molar-refractivity contribution is -0.137. The Morgan fingerprint density at radius 1 is 1.33 bits per heavy atom. The van der Waals surface area contributed by atoms with E-state index in [-0.39, 0.29) is 42.8 Å². The minimum atomic E-state index is -3.04. The molecule has 2 N–H and O–H groups in total. The van der Waals surface area contributed by atoms with Crippen molar-refractivity contribution in [3.8, 4) is 0 Å². The van der Waals surface area contributed by atoms with Crippen LogP contribution in [0.1, 0.15) is 78.1 Å². The Hall–Kier alpha value is -1.30. The van der Waals surface area contributed by atoms with Crippen LogP contribution >= 0.6 is 0 Å². The van der Waals surface area contributed by atoms with E-state index in [0.717, 1.165) is 0 Å². The fourth-order valence-electron chi connectivity index (χ4n) is 4.04. The molecule has 0 spiro atoms. The Balaban J connectivity index is 2.45. The smallest absolute Gasteiger partial charge is 0.303 e. The highest BCUT2D eigenvalue weighted by Crippen LogP contribution is 2.40. The summed E-state index contributed by atoms with van der Waals surface area (Å²) < 4.78 is 27.4. The fourth-order valence-corrected chi connectivity index (χ4v) is 4.04. The van der Waals surface area contributed by atoms with Crippen LogP contribution in [0.4, 0.5) is 8.78 Å². The van der Waals surface area contributed by atoms with Crippen molar-refractivity contribution in [1.29, 1.82) is 0 Å². The second-order valence-corrected chi connectivity index (χ2v) is 7.87. The number of hydrogen-bond acceptors (Lipinski definition) is 3. The first-order valence-corrected chi connectivity index (χ1v) is 10.1. The Kier molecular flexibility index (Phi) is 10.1. The standard InChI is InChI=1S/C21H34F2O4/c1-3-13-21(22,23)19(25)11-8-10-16-15(2)14-18(24)17(16)9-6-4-5-7-12-20(26)27/h4,6,15-17,19,25H,3,5,7-14H2,1-2H3,(H,26,27)/b6-4-/t15-,16-,17-,19+/m1/s1. The van der Waals surface area contributed by atoms with Crippen LogP contribution in [-0.4, -0.2) is 34.0 Å². The van der Waals surface area contributed by atoms with Gasteiger partial charge in [0.25, 0.3) is 5.92 Å². The first-order chi connectivity index (χ1) is 12.7. The van der Waals surface area contributed by atoms with Gasteiger partial charge in [-0.05, 0) is 43.9 Å². The lowest BCUT2D eigenvalue weighted by Gasteiger charge is -2.24. The highest BCUT2D eigenvalue weighted by atomic mass is 19.3. The number of rotatable bonds is 13. The van der Waals surface area contributed by atoms with Crippen LogP contribution in [0.5, 0.6) is 0 Å².